The lowest BCUT2D eigenvalue weighted by Gasteiger charge is -2.34. The molecule has 0 spiro atoms. The predicted molar refractivity (Wildman–Crippen MR) is 92.6 cm³/mol. The van der Waals surface area contributed by atoms with Crippen LogP contribution in [0, 0.1) is 13.8 Å². The highest BCUT2D eigenvalue weighted by Crippen LogP contribution is 2.16. The first kappa shape index (κ1) is 15.8. The number of hydrogen-bond acceptors (Lipinski definition) is 7. The zero-order valence-corrected chi connectivity index (χ0v) is 14.5. The van der Waals surface area contributed by atoms with Gasteiger partial charge in [-0.05, 0) is 32.0 Å². The molecule has 0 radical (unpaired) electrons. The van der Waals surface area contributed by atoms with Gasteiger partial charge in [0.15, 0.2) is 11.6 Å². The van der Waals surface area contributed by atoms with Crippen LogP contribution in [0.1, 0.15) is 17.1 Å². The Labute approximate surface area is 146 Å². The van der Waals surface area contributed by atoms with Crippen molar-refractivity contribution >= 4 is 5.82 Å². The first-order chi connectivity index (χ1) is 12.2. The van der Waals surface area contributed by atoms with Crippen molar-refractivity contribution in [2.24, 2.45) is 0 Å². The zero-order chi connectivity index (χ0) is 17.2. The maximum absolute atomic E-state index is 4.89. The fraction of sp³-hybridized carbons (Fsp3) is 0.412. The van der Waals surface area contributed by atoms with E-state index in [-0.39, 0.29) is 0 Å². The molecular weight excluding hydrogens is 318 g/mol. The lowest BCUT2D eigenvalue weighted by molar-refractivity contribution is 0.241. The van der Waals surface area contributed by atoms with Gasteiger partial charge in [0.05, 0.1) is 11.4 Å². The van der Waals surface area contributed by atoms with E-state index in [0.29, 0.717) is 0 Å². The maximum atomic E-state index is 4.89. The molecule has 1 fully saturated rings. The quantitative estimate of drug-likeness (QED) is 0.714. The predicted octanol–water partition coefficient (Wildman–Crippen LogP) is 1.59. The van der Waals surface area contributed by atoms with E-state index in [1.165, 1.54) is 0 Å². The van der Waals surface area contributed by atoms with Crippen LogP contribution in [0.2, 0.25) is 0 Å². The van der Waals surface area contributed by atoms with Crippen LogP contribution >= 0.6 is 0 Å². The Morgan fingerprint density at radius 2 is 1.76 bits per heavy atom. The van der Waals surface area contributed by atoms with Gasteiger partial charge < -0.3 is 9.42 Å². The van der Waals surface area contributed by atoms with Crippen LogP contribution < -0.4 is 4.90 Å². The normalized spacial score (nSPS) is 15.7. The van der Waals surface area contributed by atoms with Gasteiger partial charge in [0.1, 0.15) is 6.26 Å². The van der Waals surface area contributed by atoms with Gasteiger partial charge in [0.2, 0.25) is 0 Å². The average molecular weight is 339 g/mol. The summed E-state index contributed by atoms with van der Waals surface area (Å²) in [5.74, 6) is 1.66. The van der Waals surface area contributed by atoms with Crippen molar-refractivity contribution in [2.75, 3.05) is 31.1 Å². The molecule has 25 heavy (non-hydrogen) atoms. The number of rotatable bonds is 4. The molecule has 4 rings (SSSR count). The number of nitrogens with zero attached hydrogens (tertiary/aromatic N) is 7. The number of anilines is 1. The SMILES string of the molecule is Cc1cc(C)n(-c2ccc(N3CCN(Cc4ccon4)CC3)nn2)n1. The molecule has 0 aliphatic carbocycles. The number of hydrogen-bond donors (Lipinski definition) is 0. The standard InChI is InChI=1S/C17H21N7O/c1-13-11-14(2)24(20-13)17-4-3-16(18-19-17)23-8-6-22(7-9-23)12-15-5-10-25-21-15/h3-5,10-11H,6-9,12H2,1-2H3. The fourth-order valence-corrected chi connectivity index (χ4v) is 3.14. The second-order valence-corrected chi connectivity index (χ2v) is 6.34. The molecule has 8 heteroatoms. The van der Waals surface area contributed by atoms with E-state index >= 15 is 0 Å². The Balaban J connectivity index is 1.39. The molecule has 0 amide bonds. The van der Waals surface area contributed by atoms with Crippen LogP contribution in [0.15, 0.2) is 35.1 Å². The first-order valence-corrected chi connectivity index (χ1v) is 8.43. The fourth-order valence-electron chi connectivity index (χ4n) is 3.14. The van der Waals surface area contributed by atoms with E-state index in [4.69, 9.17) is 4.52 Å². The topological polar surface area (TPSA) is 76.1 Å². The van der Waals surface area contributed by atoms with Crippen molar-refractivity contribution in [2.45, 2.75) is 20.4 Å². The van der Waals surface area contributed by atoms with Crippen LogP contribution in [-0.2, 0) is 6.54 Å². The van der Waals surface area contributed by atoms with E-state index in [0.717, 1.165) is 61.4 Å². The third kappa shape index (κ3) is 3.39. The molecule has 4 heterocycles. The summed E-state index contributed by atoms with van der Waals surface area (Å²) in [5.41, 5.74) is 3.01. The van der Waals surface area contributed by atoms with E-state index in [1.54, 1.807) is 6.26 Å². The van der Waals surface area contributed by atoms with Gasteiger partial charge in [-0.3, -0.25) is 4.90 Å². The summed E-state index contributed by atoms with van der Waals surface area (Å²) < 4.78 is 6.71. The lowest BCUT2D eigenvalue weighted by Crippen LogP contribution is -2.46. The molecule has 3 aromatic heterocycles. The van der Waals surface area contributed by atoms with Crippen molar-refractivity contribution in [1.82, 2.24) is 30.0 Å². The molecule has 0 N–H and O–H groups in total. The molecule has 3 aromatic rings. The Bertz CT molecular complexity index is 817. The molecular formula is C17H21N7O. The highest BCUT2D eigenvalue weighted by atomic mass is 16.5. The molecule has 0 saturated carbocycles. The van der Waals surface area contributed by atoms with Crippen LogP contribution in [0.4, 0.5) is 5.82 Å². The summed E-state index contributed by atoms with van der Waals surface area (Å²) >= 11 is 0. The third-order valence-electron chi connectivity index (χ3n) is 4.44. The first-order valence-electron chi connectivity index (χ1n) is 8.43. The number of aromatic nitrogens is 5. The van der Waals surface area contributed by atoms with Gasteiger partial charge in [0.25, 0.3) is 0 Å². The summed E-state index contributed by atoms with van der Waals surface area (Å²) in [4.78, 5) is 4.63. The van der Waals surface area contributed by atoms with Crippen LogP contribution in [0.3, 0.4) is 0 Å². The van der Waals surface area contributed by atoms with Crippen molar-refractivity contribution in [3.63, 3.8) is 0 Å². The second kappa shape index (κ2) is 6.64. The molecule has 0 atom stereocenters. The molecule has 1 aliphatic heterocycles. The smallest absolute Gasteiger partial charge is 0.176 e. The minimum atomic E-state index is 0.749. The van der Waals surface area contributed by atoms with Gasteiger partial charge in [-0.25, -0.2) is 4.68 Å². The van der Waals surface area contributed by atoms with E-state index in [1.807, 2.05) is 42.8 Å². The minimum Gasteiger partial charge on any atom is -0.364 e. The maximum Gasteiger partial charge on any atom is 0.176 e. The number of aryl methyl sites for hydroxylation is 2. The average Bonchev–Trinajstić information content (AvgIpc) is 3.25. The highest BCUT2D eigenvalue weighted by Gasteiger charge is 2.19. The molecule has 0 bridgehead atoms. The molecule has 0 aromatic carbocycles. The van der Waals surface area contributed by atoms with E-state index in [9.17, 15) is 0 Å². The van der Waals surface area contributed by atoms with Crippen molar-refractivity contribution < 1.29 is 4.52 Å². The largest absolute Gasteiger partial charge is 0.364 e. The van der Waals surface area contributed by atoms with Gasteiger partial charge in [-0.1, -0.05) is 5.16 Å². The Hall–Kier alpha value is -2.74. The summed E-state index contributed by atoms with van der Waals surface area (Å²) in [6.07, 6.45) is 1.62. The van der Waals surface area contributed by atoms with Gasteiger partial charge >= 0.3 is 0 Å². The van der Waals surface area contributed by atoms with Crippen LogP contribution in [0.5, 0.6) is 0 Å². The van der Waals surface area contributed by atoms with Crippen LogP contribution in [0.25, 0.3) is 5.82 Å². The molecule has 130 valence electrons. The summed E-state index contributed by atoms with van der Waals surface area (Å²) in [6.45, 7) is 8.60. The Morgan fingerprint density at radius 1 is 1.00 bits per heavy atom. The molecule has 8 nitrogen and oxygen atoms in total. The Kier molecular flexibility index (Phi) is 4.19. The second-order valence-electron chi connectivity index (χ2n) is 6.34. The summed E-state index contributed by atoms with van der Waals surface area (Å²) in [7, 11) is 0. The monoisotopic (exact) mass is 339 g/mol. The lowest BCUT2D eigenvalue weighted by atomic mass is 10.3. The molecule has 1 aliphatic rings. The number of piperazine rings is 1. The minimum absolute atomic E-state index is 0.749. The van der Waals surface area contributed by atoms with Crippen molar-refractivity contribution in [3.05, 3.63) is 47.6 Å². The van der Waals surface area contributed by atoms with Crippen LogP contribution in [-0.4, -0.2) is 56.2 Å². The van der Waals surface area contributed by atoms with Crippen molar-refractivity contribution in [3.8, 4) is 5.82 Å². The summed E-state index contributed by atoms with van der Waals surface area (Å²) in [6, 6.07) is 7.94. The zero-order valence-electron chi connectivity index (χ0n) is 14.5. The van der Waals surface area contributed by atoms with Gasteiger partial charge in [-0.2, -0.15) is 5.10 Å². The molecule has 1 saturated heterocycles. The van der Waals surface area contributed by atoms with Gasteiger partial charge in [0, 0.05) is 44.5 Å². The molecule has 0 unspecified atom stereocenters. The third-order valence-corrected chi connectivity index (χ3v) is 4.44. The summed E-state index contributed by atoms with van der Waals surface area (Å²) in [5, 5.41) is 17.2. The van der Waals surface area contributed by atoms with E-state index < -0.39 is 0 Å². The Morgan fingerprint density at radius 3 is 2.36 bits per heavy atom. The highest BCUT2D eigenvalue weighted by molar-refractivity contribution is 5.40. The van der Waals surface area contributed by atoms with Crippen molar-refractivity contribution in [1.29, 1.82) is 0 Å². The van der Waals surface area contributed by atoms with E-state index in [2.05, 4.69) is 30.3 Å². The van der Waals surface area contributed by atoms with Gasteiger partial charge in [-0.15, -0.1) is 10.2 Å².